The summed E-state index contributed by atoms with van der Waals surface area (Å²) in [6.07, 6.45) is -3.73. The molecule has 0 radical (unpaired) electrons. The van der Waals surface area contributed by atoms with E-state index >= 15 is 0 Å². The number of aromatic nitrogens is 1. The summed E-state index contributed by atoms with van der Waals surface area (Å²) < 4.78 is 79.1. The Morgan fingerprint density at radius 1 is 1.05 bits per heavy atom. The summed E-state index contributed by atoms with van der Waals surface area (Å²) in [5.74, 6) is -0.231. The molecule has 15 heteroatoms. The van der Waals surface area contributed by atoms with E-state index in [0.717, 1.165) is 17.4 Å². The second-order valence-electron chi connectivity index (χ2n) is 9.23. The molecular formula is C27H25F3N4O6S2. The predicted octanol–water partition coefficient (Wildman–Crippen LogP) is 5.22. The van der Waals surface area contributed by atoms with Crippen LogP contribution in [0, 0.1) is 0 Å². The van der Waals surface area contributed by atoms with Gasteiger partial charge in [-0.2, -0.15) is 17.5 Å². The SMILES string of the molecule is CCOC(=O)N1CCN(S(=O)(=O)c2ccc(C(=O)N(Cc3ccco3)c3nc4c(C(F)(F)F)cccc4s3)cc2)CC1. The van der Waals surface area contributed by atoms with Gasteiger partial charge in [0.15, 0.2) is 5.13 Å². The number of sulfonamides is 1. The molecule has 0 unspecified atom stereocenters. The topological polar surface area (TPSA) is 113 Å². The maximum absolute atomic E-state index is 13.7. The summed E-state index contributed by atoms with van der Waals surface area (Å²) >= 11 is 0.925. The van der Waals surface area contributed by atoms with Crippen molar-refractivity contribution in [2.24, 2.45) is 0 Å². The van der Waals surface area contributed by atoms with Gasteiger partial charge < -0.3 is 14.1 Å². The summed E-state index contributed by atoms with van der Waals surface area (Å²) in [7, 11) is -3.92. The molecule has 0 aliphatic carbocycles. The van der Waals surface area contributed by atoms with Crippen LogP contribution in [-0.2, 0) is 27.5 Å². The van der Waals surface area contributed by atoms with Gasteiger partial charge in [0.2, 0.25) is 10.0 Å². The second-order valence-corrected chi connectivity index (χ2v) is 12.2. The third kappa shape index (κ3) is 5.98. The van der Waals surface area contributed by atoms with Crippen LogP contribution in [0.15, 0.2) is 70.2 Å². The lowest BCUT2D eigenvalue weighted by molar-refractivity contribution is -0.136. The van der Waals surface area contributed by atoms with E-state index in [1.807, 2.05) is 0 Å². The molecule has 10 nitrogen and oxygen atoms in total. The first-order valence-corrected chi connectivity index (χ1v) is 15.1. The molecule has 222 valence electrons. The van der Waals surface area contributed by atoms with E-state index in [4.69, 9.17) is 9.15 Å². The Bertz CT molecular complexity index is 1680. The van der Waals surface area contributed by atoms with E-state index in [1.54, 1.807) is 19.1 Å². The molecule has 3 heterocycles. The summed E-state index contributed by atoms with van der Waals surface area (Å²) in [6, 6.07) is 12.2. The molecule has 0 bridgehead atoms. The van der Waals surface area contributed by atoms with Crippen molar-refractivity contribution in [3.05, 3.63) is 77.7 Å². The number of rotatable bonds is 7. The highest BCUT2D eigenvalue weighted by atomic mass is 32.2. The summed E-state index contributed by atoms with van der Waals surface area (Å²) in [5, 5.41) is 0.0271. The van der Waals surface area contributed by atoms with Gasteiger partial charge in [0.25, 0.3) is 5.91 Å². The average Bonchev–Trinajstić information content (AvgIpc) is 3.65. The molecule has 1 aliphatic rings. The second kappa shape index (κ2) is 11.7. The summed E-state index contributed by atoms with van der Waals surface area (Å²) in [6.45, 7) is 2.30. The van der Waals surface area contributed by atoms with Gasteiger partial charge in [0, 0.05) is 31.7 Å². The van der Waals surface area contributed by atoms with Crippen LogP contribution in [0.5, 0.6) is 0 Å². The van der Waals surface area contributed by atoms with Crippen molar-refractivity contribution in [3.63, 3.8) is 0 Å². The number of carbonyl (C=O) groups excluding carboxylic acids is 2. The number of furan rings is 1. The number of thiazole rings is 1. The van der Waals surface area contributed by atoms with Crippen LogP contribution in [0.4, 0.5) is 23.1 Å². The van der Waals surface area contributed by atoms with Crippen molar-refractivity contribution in [1.29, 1.82) is 0 Å². The molecule has 2 aromatic heterocycles. The van der Waals surface area contributed by atoms with Crippen molar-refractivity contribution < 1.29 is 40.3 Å². The number of carbonyl (C=O) groups is 2. The van der Waals surface area contributed by atoms with Crippen molar-refractivity contribution in [2.75, 3.05) is 37.7 Å². The van der Waals surface area contributed by atoms with Gasteiger partial charge in [0.05, 0.1) is 40.1 Å². The van der Waals surface area contributed by atoms with Crippen LogP contribution in [-0.4, -0.2) is 67.4 Å². The molecule has 0 saturated carbocycles. The standard InChI is InChI=1S/C27H25F3N4O6S2/c1-2-39-26(36)32-12-14-33(15-13-32)42(37,38)20-10-8-18(9-11-20)24(35)34(17-19-5-4-16-40-19)25-31-23-21(27(28,29)30)6-3-7-22(23)41-25/h3-11,16H,2,12-15,17H2,1H3. The minimum atomic E-state index is -4.63. The highest BCUT2D eigenvalue weighted by molar-refractivity contribution is 7.89. The van der Waals surface area contributed by atoms with Crippen LogP contribution in [0.3, 0.4) is 0 Å². The van der Waals surface area contributed by atoms with Crippen LogP contribution < -0.4 is 4.90 Å². The van der Waals surface area contributed by atoms with Gasteiger partial charge in [-0.3, -0.25) is 9.69 Å². The van der Waals surface area contributed by atoms with Crippen molar-refractivity contribution in [2.45, 2.75) is 24.5 Å². The van der Waals surface area contributed by atoms with Crippen molar-refractivity contribution in [3.8, 4) is 0 Å². The number of amides is 2. The average molecular weight is 623 g/mol. The fraction of sp³-hybridized carbons (Fsp3) is 0.296. The number of nitrogens with zero attached hydrogens (tertiary/aromatic N) is 4. The Kier molecular flexibility index (Phi) is 8.25. The molecule has 42 heavy (non-hydrogen) atoms. The predicted molar refractivity (Wildman–Crippen MR) is 148 cm³/mol. The maximum atomic E-state index is 13.7. The van der Waals surface area contributed by atoms with Gasteiger partial charge in [-0.15, -0.1) is 0 Å². The van der Waals surface area contributed by atoms with Crippen LogP contribution in [0.25, 0.3) is 10.2 Å². The molecule has 1 aliphatic heterocycles. The minimum Gasteiger partial charge on any atom is -0.467 e. The lowest BCUT2D eigenvalue weighted by Crippen LogP contribution is -2.50. The molecule has 5 rings (SSSR count). The van der Waals surface area contributed by atoms with Crippen molar-refractivity contribution >= 4 is 48.7 Å². The highest BCUT2D eigenvalue weighted by Gasteiger charge is 2.35. The Morgan fingerprint density at radius 3 is 2.38 bits per heavy atom. The van der Waals surface area contributed by atoms with E-state index in [0.29, 0.717) is 5.76 Å². The highest BCUT2D eigenvalue weighted by Crippen LogP contribution is 2.39. The number of benzene rings is 2. The first kappa shape index (κ1) is 29.5. The Balaban J connectivity index is 1.40. The number of hydrogen-bond acceptors (Lipinski definition) is 8. The van der Waals surface area contributed by atoms with E-state index in [2.05, 4.69) is 4.98 Å². The zero-order chi connectivity index (χ0) is 30.1. The molecule has 1 fully saturated rings. The van der Waals surface area contributed by atoms with E-state index < -0.39 is 33.8 Å². The lowest BCUT2D eigenvalue weighted by atomic mass is 10.2. The molecule has 4 aromatic rings. The number of hydrogen-bond donors (Lipinski definition) is 0. The normalized spacial score (nSPS) is 14.7. The lowest BCUT2D eigenvalue weighted by Gasteiger charge is -2.33. The van der Waals surface area contributed by atoms with Gasteiger partial charge in [0.1, 0.15) is 5.76 Å². The number of alkyl halides is 3. The largest absolute Gasteiger partial charge is 0.467 e. The van der Waals surface area contributed by atoms with Gasteiger partial charge >= 0.3 is 12.3 Å². The van der Waals surface area contributed by atoms with Crippen LogP contribution in [0.2, 0.25) is 0 Å². The fourth-order valence-electron chi connectivity index (χ4n) is 4.47. The Labute approximate surface area is 242 Å². The third-order valence-corrected chi connectivity index (χ3v) is 9.54. The number of halogens is 3. The minimum absolute atomic E-state index is 0.0271. The Morgan fingerprint density at radius 2 is 1.76 bits per heavy atom. The maximum Gasteiger partial charge on any atom is 0.418 e. The molecule has 0 N–H and O–H groups in total. The zero-order valence-corrected chi connectivity index (χ0v) is 23.8. The molecular weight excluding hydrogens is 597 g/mol. The van der Waals surface area contributed by atoms with E-state index in [9.17, 15) is 31.2 Å². The molecule has 2 aromatic carbocycles. The molecule has 1 saturated heterocycles. The van der Waals surface area contributed by atoms with Crippen molar-refractivity contribution in [1.82, 2.24) is 14.2 Å². The van der Waals surface area contributed by atoms with E-state index in [1.165, 1.54) is 56.8 Å². The number of fused-ring (bicyclic) bond motifs is 1. The zero-order valence-electron chi connectivity index (χ0n) is 22.2. The number of para-hydroxylation sites is 1. The van der Waals surface area contributed by atoms with Gasteiger partial charge in [-0.05, 0) is 55.5 Å². The first-order chi connectivity index (χ1) is 20.0. The van der Waals surface area contributed by atoms with Crippen LogP contribution >= 0.6 is 11.3 Å². The first-order valence-electron chi connectivity index (χ1n) is 12.8. The van der Waals surface area contributed by atoms with E-state index in [-0.39, 0.29) is 65.1 Å². The smallest absolute Gasteiger partial charge is 0.418 e. The monoisotopic (exact) mass is 622 g/mol. The molecule has 0 spiro atoms. The van der Waals surface area contributed by atoms with Gasteiger partial charge in [-0.1, -0.05) is 17.4 Å². The number of anilines is 1. The fourth-order valence-corrected chi connectivity index (χ4v) is 6.88. The number of ether oxygens (including phenoxy) is 1. The van der Waals surface area contributed by atoms with Crippen LogP contribution in [0.1, 0.15) is 28.6 Å². The van der Waals surface area contributed by atoms with Gasteiger partial charge in [-0.25, -0.2) is 18.2 Å². The molecule has 2 amide bonds. The molecule has 0 atom stereocenters. The third-order valence-electron chi connectivity index (χ3n) is 6.59. The summed E-state index contributed by atoms with van der Waals surface area (Å²) in [5.41, 5.74) is -1.08. The number of piperazine rings is 1. The quantitative estimate of drug-likeness (QED) is 0.278. The summed E-state index contributed by atoms with van der Waals surface area (Å²) in [4.78, 5) is 32.4. The Hall–Kier alpha value is -3.95.